The summed E-state index contributed by atoms with van der Waals surface area (Å²) in [6, 6.07) is 3.45. The van der Waals surface area contributed by atoms with Gasteiger partial charge in [-0.25, -0.2) is 0 Å². The number of thiocarbonyl (C=S) groups is 1. The van der Waals surface area contributed by atoms with Crippen LogP contribution in [-0.4, -0.2) is 59.7 Å². The van der Waals surface area contributed by atoms with Crippen molar-refractivity contribution in [2.24, 2.45) is 0 Å². The Bertz CT molecular complexity index is 502. The average Bonchev–Trinajstić information content (AvgIpc) is 2.44. The van der Waals surface area contributed by atoms with Crippen LogP contribution >= 0.6 is 23.8 Å². The van der Waals surface area contributed by atoms with E-state index in [0.717, 1.165) is 36.7 Å². The van der Waals surface area contributed by atoms with Crippen LogP contribution in [0.1, 0.15) is 12.5 Å². The van der Waals surface area contributed by atoms with Crippen molar-refractivity contribution in [3.05, 3.63) is 22.7 Å². The Balaban J connectivity index is 2.21. The van der Waals surface area contributed by atoms with Crippen LogP contribution in [0, 0.1) is 0 Å². The Kier molecular flexibility index (Phi) is 5.07. The highest BCUT2D eigenvalue weighted by Gasteiger charge is 2.19. The molecule has 0 aromatic heterocycles. The van der Waals surface area contributed by atoms with Gasteiger partial charge in [0.05, 0.1) is 11.6 Å². The number of piperazine rings is 1. The molecule has 1 aromatic carbocycles. The lowest BCUT2D eigenvalue weighted by molar-refractivity contribution is 0.218. The molecule has 0 radical (unpaired) electrons. The first-order chi connectivity index (χ1) is 9.52. The van der Waals surface area contributed by atoms with Crippen LogP contribution in [0.2, 0.25) is 5.02 Å². The lowest BCUT2D eigenvalue weighted by Gasteiger charge is -2.34. The highest BCUT2D eigenvalue weighted by molar-refractivity contribution is 7.80. The summed E-state index contributed by atoms with van der Waals surface area (Å²) in [4.78, 5) is 5.18. The Labute approximate surface area is 129 Å². The first-order valence-corrected chi connectivity index (χ1v) is 7.44. The second-order valence-corrected chi connectivity index (χ2v) is 5.63. The Morgan fingerprint density at radius 3 is 2.60 bits per heavy atom. The number of hydrogen-bond acceptors (Lipinski definition) is 4. The fraction of sp³-hybridized carbons (Fsp3) is 0.500. The van der Waals surface area contributed by atoms with E-state index in [-0.39, 0.29) is 10.8 Å². The Morgan fingerprint density at radius 1 is 1.35 bits per heavy atom. The molecule has 1 aliphatic heterocycles. The normalized spacial score (nSPS) is 16.2. The van der Waals surface area contributed by atoms with Gasteiger partial charge in [0.15, 0.2) is 11.5 Å². The van der Waals surface area contributed by atoms with Gasteiger partial charge in [-0.1, -0.05) is 23.8 Å². The lowest BCUT2D eigenvalue weighted by Crippen LogP contribution is -2.46. The minimum atomic E-state index is -0.0292. The van der Waals surface area contributed by atoms with Crippen LogP contribution in [0.3, 0.4) is 0 Å². The molecule has 4 nitrogen and oxygen atoms in total. The molecule has 0 saturated carbocycles. The molecular formula is C14H19ClN2O2S. The third-order valence-electron chi connectivity index (χ3n) is 3.37. The van der Waals surface area contributed by atoms with Crippen LogP contribution in [-0.2, 0) is 0 Å². The third kappa shape index (κ3) is 3.34. The van der Waals surface area contributed by atoms with Crippen molar-refractivity contribution < 1.29 is 9.84 Å². The maximum Gasteiger partial charge on any atom is 0.176 e. The largest absolute Gasteiger partial charge is 0.503 e. The highest BCUT2D eigenvalue weighted by Crippen LogP contribution is 2.35. The van der Waals surface area contributed by atoms with Crippen molar-refractivity contribution in [1.82, 2.24) is 9.80 Å². The minimum Gasteiger partial charge on any atom is -0.503 e. The molecule has 1 aromatic rings. The smallest absolute Gasteiger partial charge is 0.176 e. The summed E-state index contributed by atoms with van der Waals surface area (Å²) in [5.41, 5.74) is 0.816. The van der Waals surface area contributed by atoms with Gasteiger partial charge in [-0.15, -0.1) is 0 Å². The molecule has 0 amide bonds. The Morgan fingerprint density at radius 2 is 2.00 bits per heavy atom. The van der Waals surface area contributed by atoms with Crippen molar-refractivity contribution in [3.63, 3.8) is 0 Å². The van der Waals surface area contributed by atoms with E-state index >= 15 is 0 Å². The maximum absolute atomic E-state index is 9.86. The van der Waals surface area contributed by atoms with Crippen LogP contribution in [0.5, 0.6) is 11.5 Å². The number of phenolic OH excluding ortho intramolecular Hbond substituents is 1. The summed E-state index contributed by atoms with van der Waals surface area (Å²) in [6.45, 7) is 6.11. The average molecular weight is 315 g/mol. The molecule has 110 valence electrons. The maximum atomic E-state index is 9.86. The molecule has 20 heavy (non-hydrogen) atoms. The Hall–Kier alpha value is -1.04. The van der Waals surface area contributed by atoms with Crippen LogP contribution in [0.4, 0.5) is 0 Å². The summed E-state index contributed by atoms with van der Waals surface area (Å²) in [5.74, 6) is 0.352. The van der Waals surface area contributed by atoms with Gasteiger partial charge in [-0.2, -0.15) is 0 Å². The monoisotopic (exact) mass is 314 g/mol. The third-order valence-corrected chi connectivity index (χ3v) is 4.15. The van der Waals surface area contributed by atoms with E-state index in [1.807, 2.05) is 6.92 Å². The predicted molar refractivity (Wildman–Crippen MR) is 85.1 cm³/mol. The van der Waals surface area contributed by atoms with Crippen molar-refractivity contribution in [2.45, 2.75) is 6.92 Å². The number of ether oxygens (including phenoxy) is 1. The van der Waals surface area contributed by atoms with Crippen LogP contribution < -0.4 is 4.74 Å². The predicted octanol–water partition coefficient (Wildman–Crippen LogP) is 2.37. The molecule has 6 heteroatoms. The second kappa shape index (κ2) is 6.61. The highest BCUT2D eigenvalue weighted by atomic mass is 35.5. The number of halogens is 1. The fourth-order valence-electron chi connectivity index (χ4n) is 2.15. The zero-order valence-electron chi connectivity index (χ0n) is 11.7. The van der Waals surface area contributed by atoms with E-state index in [2.05, 4.69) is 16.8 Å². The van der Waals surface area contributed by atoms with Gasteiger partial charge < -0.3 is 19.6 Å². The van der Waals surface area contributed by atoms with Crippen LogP contribution in [0.15, 0.2) is 12.1 Å². The van der Waals surface area contributed by atoms with Gasteiger partial charge in [0.25, 0.3) is 0 Å². The van der Waals surface area contributed by atoms with Crippen molar-refractivity contribution in [2.75, 3.05) is 39.8 Å². The van der Waals surface area contributed by atoms with Gasteiger partial charge in [0.2, 0.25) is 0 Å². The van der Waals surface area contributed by atoms with E-state index in [0.29, 0.717) is 12.4 Å². The standard InChI is InChI=1S/C14H19ClN2O2S/c1-3-19-12-9-10(8-11(15)13(12)18)14(20)17-6-4-16(2)5-7-17/h8-9,18H,3-7H2,1-2H3. The fourth-order valence-corrected chi connectivity index (χ4v) is 2.67. The molecular weight excluding hydrogens is 296 g/mol. The zero-order chi connectivity index (χ0) is 14.7. The molecule has 1 saturated heterocycles. The molecule has 0 aliphatic carbocycles. The number of benzene rings is 1. The molecule has 2 rings (SSSR count). The summed E-state index contributed by atoms with van der Waals surface area (Å²) in [5, 5.41) is 10.1. The van der Waals surface area contributed by atoms with E-state index < -0.39 is 0 Å². The topological polar surface area (TPSA) is 35.9 Å². The molecule has 1 heterocycles. The van der Waals surface area contributed by atoms with Gasteiger partial charge in [-0.05, 0) is 26.1 Å². The number of rotatable bonds is 3. The number of phenols is 1. The van der Waals surface area contributed by atoms with Crippen molar-refractivity contribution >= 4 is 28.8 Å². The summed E-state index contributed by atoms with van der Waals surface area (Å²) >= 11 is 11.6. The molecule has 0 spiro atoms. The second-order valence-electron chi connectivity index (χ2n) is 4.83. The summed E-state index contributed by atoms with van der Waals surface area (Å²) in [6.07, 6.45) is 0. The van der Waals surface area contributed by atoms with E-state index in [1.54, 1.807) is 12.1 Å². The first-order valence-electron chi connectivity index (χ1n) is 6.66. The molecule has 0 atom stereocenters. The summed E-state index contributed by atoms with van der Waals surface area (Å²) < 4.78 is 5.39. The number of aromatic hydroxyl groups is 1. The number of likely N-dealkylation sites (N-methyl/N-ethyl adjacent to an activating group) is 1. The molecule has 0 unspecified atom stereocenters. The number of hydrogen-bond donors (Lipinski definition) is 1. The zero-order valence-corrected chi connectivity index (χ0v) is 13.3. The van der Waals surface area contributed by atoms with E-state index in [4.69, 9.17) is 28.6 Å². The van der Waals surface area contributed by atoms with Gasteiger partial charge in [-0.3, -0.25) is 0 Å². The van der Waals surface area contributed by atoms with Crippen molar-refractivity contribution in [3.8, 4) is 11.5 Å². The molecule has 1 N–H and O–H groups in total. The van der Waals surface area contributed by atoms with E-state index in [9.17, 15) is 5.11 Å². The van der Waals surface area contributed by atoms with Crippen molar-refractivity contribution in [1.29, 1.82) is 0 Å². The summed E-state index contributed by atoms with van der Waals surface area (Å²) in [7, 11) is 2.10. The molecule has 1 fully saturated rings. The van der Waals surface area contributed by atoms with Crippen LogP contribution in [0.25, 0.3) is 0 Å². The number of nitrogens with zero attached hydrogens (tertiary/aromatic N) is 2. The van der Waals surface area contributed by atoms with Gasteiger partial charge >= 0.3 is 0 Å². The SMILES string of the molecule is CCOc1cc(C(=S)N2CCN(C)CC2)cc(Cl)c1O. The molecule has 1 aliphatic rings. The lowest BCUT2D eigenvalue weighted by atomic mass is 10.1. The first kappa shape index (κ1) is 15.4. The van der Waals surface area contributed by atoms with Gasteiger partial charge in [0, 0.05) is 31.7 Å². The molecule has 0 bridgehead atoms. The quantitative estimate of drug-likeness (QED) is 0.867. The van der Waals surface area contributed by atoms with Gasteiger partial charge in [0.1, 0.15) is 4.99 Å². The minimum absolute atomic E-state index is 0.0292. The van der Waals surface area contributed by atoms with E-state index in [1.165, 1.54) is 0 Å².